The van der Waals surface area contributed by atoms with Gasteiger partial charge in [-0.05, 0) is 40.2 Å². The molecule has 0 atom stereocenters. The van der Waals surface area contributed by atoms with Crippen molar-refractivity contribution in [1.82, 2.24) is 4.98 Å². The summed E-state index contributed by atoms with van der Waals surface area (Å²) in [6.45, 7) is 0. The molecular formula is C11H6BrF2NO. The van der Waals surface area contributed by atoms with E-state index in [0.29, 0.717) is 10.4 Å². The smallest absolute Gasteiger partial charge is 0.233 e. The second kappa shape index (κ2) is 4.57. The van der Waals surface area contributed by atoms with Crippen LogP contribution in [-0.4, -0.2) is 4.98 Å². The molecule has 2 aromatic rings. The van der Waals surface area contributed by atoms with E-state index in [1.165, 1.54) is 6.07 Å². The van der Waals surface area contributed by atoms with Gasteiger partial charge in [-0.25, -0.2) is 13.8 Å². The largest absolute Gasteiger partial charge is 0.438 e. The minimum atomic E-state index is -0.954. The summed E-state index contributed by atoms with van der Waals surface area (Å²) in [5.41, 5.74) is 0. The molecule has 0 aliphatic heterocycles. The Morgan fingerprint density at radius 2 is 1.94 bits per heavy atom. The lowest BCUT2D eigenvalue weighted by Gasteiger charge is -2.06. The Bertz CT molecular complexity index is 519. The van der Waals surface area contributed by atoms with E-state index in [2.05, 4.69) is 20.9 Å². The van der Waals surface area contributed by atoms with Crippen molar-refractivity contribution in [2.75, 3.05) is 0 Å². The van der Waals surface area contributed by atoms with Crippen LogP contribution in [0.5, 0.6) is 11.6 Å². The fourth-order valence-electron chi connectivity index (χ4n) is 1.10. The van der Waals surface area contributed by atoms with Gasteiger partial charge in [-0.15, -0.1) is 0 Å². The number of rotatable bonds is 2. The van der Waals surface area contributed by atoms with Crippen LogP contribution < -0.4 is 4.74 Å². The van der Waals surface area contributed by atoms with Crippen molar-refractivity contribution in [3.63, 3.8) is 0 Å². The molecule has 0 aliphatic rings. The number of pyridine rings is 1. The van der Waals surface area contributed by atoms with Crippen LogP contribution in [0.2, 0.25) is 0 Å². The molecule has 0 unspecified atom stereocenters. The average Bonchev–Trinajstić information content (AvgIpc) is 2.27. The molecule has 0 saturated carbocycles. The van der Waals surface area contributed by atoms with Gasteiger partial charge in [0.15, 0.2) is 11.6 Å². The molecule has 2 nitrogen and oxygen atoms in total. The first-order chi connectivity index (χ1) is 7.66. The Morgan fingerprint density at radius 1 is 1.12 bits per heavy atom. The molecule has 0 saturated heterocycles. The van der Waals surface area contributed by atoms with E-state index in [1.54, 1.807) is 18.3 Å². The zero-order valence-corrected chi connectivity index (χ0v) is 9.54. The summed E-state index contributed by atoms with van der Waals surface area (Å²) < 4.78 is 31.5. The Kier molecular flexibility index (Phi) is 3.14. The molecule has 16 heavy (non-hydrogen) atoms. The topological polar surface area (TPSA) is 22.1 Å². The van der Waals surface area contributed by atoms with Crippen LogP contribution >= 0.6 is 15.9 Å². The van der Waals surface area contributed by atoms with Gasteiger partial charge in [-0.3, -0.25) is 0 Å². The van der Waals surface area contributed by atoms with Crippen molar-refractivity contribution in [1.29, 1.82) is 0 Å². The first-order valence-corrected chi connectivity index (χ1v) is 5.19. The molecule has 0 fully saturated rings. The van der Waals surface area contributed by atoms with E-state index < -0.39 is 11.6 Å². The summed E-state index contributed by atoms with van der Waals surface area (Å²) in [5.74, 6) is -1.37. The second-order valence-corrected chi connectivity index (χ2v) is 3.82. The van der Waals surface area contributed by atoms with E-state index in [1.807, 2.05) is 0 Å². The molecule has 0 bridgehead atoms. The highest BCUT2D eigenvalue weighted by Gasteiger charge is 2.06. The Balaban J connectivity index is 2.28. The van der Waals surface area contributed by atoms with E-state index in [4.69, 9.17) is 4.74 Å². The Morgan fingerprint density at radius 3 is 2.62 bits per heavy atom. The lowest BCUT2D eigenvalue weighted by atomic mass is 10.3. The number of hydrogen-bond donors (Lipinski definition) is 0. The maximum atomic E-state index is 12.9. The first-order valence-electron chi connectivity index (χ1n) is 4.40. The van der Waals surface area contributed by atoms with Gasteiger partial charge in [0, 0.05) is 12.3 Å². The third-order valence-corrected chi connectivity index (χ3v) is 2.43. The van der Waals surface area contributed by atoms with Crippen LogP contribution in [0.3, 0.4) is 0 Å². The van der Waals surface area contributed by atoms with Crippen LogP contribution in [0.15, 0.2) is 41.0 Å². The molecule has 0 N–H and O–H groups in total. The third-order valence-electron chi connectivity index (χ3n) is 1.83. The van der Waals surface area contributed by atoms with Gasteiger partial charge in [0.05, 0.1) is 4.47 Å². The number of nitrogens with zero attached hydrogens (tertiary/aromatic N) is 1. The fraction of sp³-hybridized carbons (Fsp3) is 0. The molecule has 1 heterocycles. The highest BCUT2D eigenvalue weighted by molar-refractivity contribution is 9.10. The molecule has 0 spiro atoms. The quantitative estimate of drug-likeness (QED) is 0.835. The first kappa shape index (κ1) is 11.0. The number of aromatic nitrogens is 1. The minimum Gasteiger partial charge on any atom is -0.438 e. The molecular weight excluding hydrogens is 280 g/mol. The van der Waals surface area contributed by atoms with Crippen LogP contribution in [0.4, 0.5) is 8.78 Å². The summed E-state index contributed by atoms with van der Waals surface area (Å²) in [6.07, 6.45) is 1.54. The molecule has 82 valence electrons. The van der Waals surface area contributed by atoms with Crippen molar-refractivity contribution in [2.24, 2.45) is 0 Å². The van der Waals surface area contributed by atoms with Crippen LogP contribution in [0.1, 0.15) is 0 Å². The van der Waals surface area contributed by atoms with E-state index in [-0.39, 0.29) is 5.75 Å². The highest BCUT2D eigenvalue weighted by atomic mass is 79.9. The Hall–Kier alpha value is -1.49. The monoisotopic (exact) mass is 285 g/mol. The standard InChI is InChI=1S/C11H6BrF2NO/c12-8-2-1-5-15-11(8)16-7-3-4-9(13)10(14)6-7/h1-6H. The number of hydrogen-bond acceptors (Lipinski definition) is 2. The summed E-state index contributed by atoms with van der Waals surface area (Å²) in [5, 5.41) is 0. The predicted octanol–water partition coefficient (Wildman–Crippen LogP) is 3.91. The van der Waals surface area contributed by atoms with Crippen molar-refractivity contribution in [3.8, 4) is 11.6 Å². The minimum absolute atomic E-state index is 0.193. The average molecular weight is 286 g/mol. The van der Waals surface area contributed by atoms with Crippen LogP contribution in [0, 0.1) is 11.6 Å². The van der Waals surface area contributed by atoms with Gasteiger partial charge in [0.25, 0.3) is 0 Å². The SMILES string of the molecule is Fc1ccc(Oc2ncccc2Br)cc1F. The molecule has 1 aromatic heterocycles. The van der Waals surface area contributed by atoms with Crippen molar-refractivity contribution < 1.29 is 13.5 Å². The molecule has 1 aromatic carbocycles. The van der Waals surface area contributed by atoms with E-state index in [9.17, 15) is 8.78 Å². The number of benzene rings is 1. The zero-order chi connectivity index (χ0) is 11.5. The van der Waals surface area contributed by atoms with E-state index in [0.717, 1.165) is 12.1 Å². The summed E-state index contributed by atoms with van der Waals surface area (Å²) in [6, 6.07) is 6.77. The fourth-order valence-corrected chi connectivity index (χ4v) is 1.43. The second-order valence-electron chi connectivity index (χ2n) is 2.97. The van der Waals surface area contributed by atoms with Crippen molar-refractivity contribution in [3.05, 3.63) is 52.6 Å². The van der Waals surface area contributed by atoms with Gasteiger partial charge < -0.3 is 4.74 Å². The van der Waals surface area contributed by atoms with E-state index >= 15 is 0 Å². The van der Waals surface area contributed by atoms with Gasteiger partial charge in [-0.2, -0.15) is 0 Å². The van der Waals surface area contributed by atoms with Crippen LogP contribution in [-0.2, 0) is 0 Å². The number of halogens is 3. The summed E-state index contributed by atoms with van der Waals surface area (Å²) in [7, 11) is 0. The predicted molar refractivity (Wildman–Crippen MR) is 58.4 cm³/mol. The highest BCUT2D eigenvalue weighted by Crippen LogP contribution is 2.27. The molecule has 5 heteroatoms. The van der Waals surface area contributed by atoms with Crippen molar-refractivity contribution >= 4 is 15.9 Å². The zero-order valence-electron chi connectivity index (χ0n) is 7.95. The lowest BCUT2D eigenvalue weighted by Crippen LogP contribution is -1.90. The normalized spacial score (nSPS) is 10.2. The summed E-state index contributed by atoms with van der Waals surface area (Å²) in [4.78, 5) is 3.94. The van der Waals surface area contributed by atoms with Gasteiger partial charge in [0.1, 0.15) is 5.75 Å². The molecule has 0 aliphatic carbocycles. The van der Waals surface area contributed by atoms with Crippen molar-refractivity contribution in [2.45, 2.75) is 0 Å². The lowest BCUT2D eigenvalue weighted by molar-refractivity contribution is 0.445. The summed E-state index contributed by atoms with van der Waals surface area (Å²) >= 11 is 3.23. The number of ether oxygens (including phenoxy) is 1. The maximum absolute atomic E-state index is 12.9. The van der Waals surface area contributed by atoms with Crippen LogP contribution in [0.25, 0.3) is 0 Å². The third kappa shape index (κ3) is 2.36. The Labute approximate surface area is 99.0 Å². The molecule has 0 radical (unpaired) electrons. The molecule has 0 amide bonds. The maximum Gasteiger partial charge on any atom is 0.233 e. The van der Waals surface area contributed by atoms with Gasteiger partial charge in [-0.1, -0.05) is 0 Å². The van der Waals surface area contributed by atoms with Gasteiger partial charge >= 0.3 is 0 Å². The van der Waals surface area contributed by atoms with Gasteiger partial charge in [0.2, 0.25) is 5.88 Å². The molecule has 2 rings (SSSR count).